The summed E-state index contributed by atoms with van der Waals surface area (Å²) in [5.74, 6) is 0.775. The molecular formula is C25H25N3O4S. The summed E-state index contributed by atoms with van der Waals surface area (Å²) in [5.41, 5.74) is 3.46. The van der Waals surface area contributed by atoms with E-state index in [4.69, 9.17) is 14.1 Å². The highest BCUT2D eigenvalue weighted by Gasteiger charge is 2.39. The van der Waals surface area contributed by atoms with Gasteiger partial charge in [-0.3, -0.25) is 14.5 Å². The Bertz CT molecular complexity index is 1190. The summed E-state index contributed by atoms with van der Waals surface area (Å²) in [7, 11) is 1.55. The number of thioether (sulfide) groups is 1. The first kappa shape index (κ1) is 22.7. The molecule has 0 bridgehead atoms. The molecule has 1 fully saturated rings. The molecule has 0 radical (unpaired) electrons. The van der Waals surface area contributed by atoms with E-state index < -0.39 is 5.25 Å². The maximum absolute atomic E-state index is 13.3. The number of para-hydroxylation sites is 2. The molecule has 1 saturated heterocycles. The van der Waals surface area contributed by atoms with Gasteiger partial charge in [-0.1, -0.05) is 36.0 Å². The van der Waals surface area contributed by atoms with Gasteiger partial charge >= 0.3 is 0 Å². The molecule has 1 aromatic heterocycles. The molecule has 1 aliphatic rings. The number of carbonyl (C=O) groups is 2. The number of hydrogen-bond acceptors (Lipinski definition) is 6. The molecule has 3 aromatic rings. The minimum Gasteiger partial charge on any atom is -0.495 e. The van der Waals surface area contributed by atoms with Crippen molar-refractivity contribution in [2.24, 2.45) is 4.99 Å². The topological polar surface area (TPSA) is 84.1 Å². The van der Waals surface area contributed by atoms with Gasteiger partial charge in [0.25, 0.3) is 0 Å². The lowest BCUT2D eigenvalue weighted by atomic mass is 10.1. The molecule has 1 aliphatic heterocycles. The van der Waals surface area contributed by atoms with Crippen molar-refractivity contribution in [3.8, 4) is 5.75 Å². The van der Waals surface area contributed by atoms with E-state index in [-0.39, 0.29) is 24.8 Å². The van der Waals surface area contributed by atoms with E-state index >= 15 is 0 Å². The molecule has 0 aliphatic carbocycles. The second-order valence-electron chi connectivity index (χ2n) is 7.75. The molecular weight excluding hydrogens is 438 g/mol. The molecule has 8 heteroatoms. The number of carbonyl (C=O) groups excluding carboxylic acids is 2. The number of furan rings is 1. The van der Waals surface area contributed by atoms with Crippen LogP contribution >= 0.6 is 11.8 Å². The van der Waals surface area contributed by atoms with Crippen LogP contribution in [0.3, 0.4) is 0 Å². The van der Waals surface area contributed by atoms with Crippen LogP contribution in [0.25, 0.3) is 0 Å². The van der Waals surface area contributed by atoms with E-state index in [1.165, 1.54) is 11.8 Å². The highest BCUT2D eigenvalue weighted by molar-refractivity contribution is 8.15. The summed E-state index contributed by atoms with van der Waals surface area (Å²) in [6, 6.07) is 16.8. The average molecular weight is 464 g/mol. The van der Waals surface area contributed by atoms with Crippen LogP contribution in [0, 0.1) is 13.8 Å². The summed E-state index contributed by atoms with van der Waals surface area (Å²) >= 11 is 1.30. The molecule has 0 saturated carbocycles. The number of nitrogens with one attached hydrogen (secondary N) is 1. The third-order valence-electron chi connectivity index (χ3n) is 5.25. The number of benzene rings is 2. The smallest absolute Gasteiger partial charge is 0.243 e. The van der Waals surface area contributed by atoms with E-state index in [9.17, 15) is 9.59 Å². The van der Waals surface area contributed by atoms with E-state index in [1.54, 1.807) is 36.5 Å². The number of rotatable bonds is 7. The van der Waals surface area contributed by atoms with Crippen LogP contribution in [-0.4, -0.2) is 34.2 Å². The first-order valence-electron chi connectivity index (χ1n) is 10.5. The van der Waals surface area contributed by atoms with Crippen LogP contribution in [0.4, 0.5) is 11.4 Å². The fraction of sp³-hybridized carbons (Fsp3) is 0.240. The maximum Gasteiger partial charge on any atom is 0.243 e. The lowest BCUT2D eigenvalue weighted by Crippen LogP contribution is -2.33. The molecule has 2 amide bonds. The Morgan fingerprint density at radius 2 is 2.00 bits per heavy atom. The maximum atomic E-state index is 13.3. The van der Waals surface area contributed by atoms with Gasteiger partial charge in [0, 0.05) is 6.42 Å². The second kappa shape index (κ2) is 9.95. The predicted molar refractivity (Wildman–Crippen MR) is 130 cm³/mol. The zero-order valence-corrected chi connectivity index (χ0v) is 19.5. The van der Waals surface area contributed by atoms with Gasteiger partial charge in [0.05, 0.1) is 31.3 Å². The van der Waals surface area contributed by atoms with Gasteiger partial charge in [0.1, 0.15) is 16.8 Å². The highest BCUT2D eigenvalue weighted by Crippen LogP contribution is 2.34. The number of nitrogens with zero attached hydrogens (tertiary/aromatic N) is 2. The number of anilines is 1. The fourth-order valence-electron chi connectivity index (χ4n) is 3.49. The largest absolute Gasteiger partial charge is 0.495 e. The summed E-state index contributed by atoms with van der Waals surface area (Å²) in [6.07, 6.45) is 1.59. The third kappa shape index (κ3) is 5.28. The van der Waals surface area contributed by atoms with Gasteiger partial charge < -0.3 is 14.5 Å². The summed E-state index contributed by atoms with van der Waals surface area (Å²) < 4.78 is 10.7. The lowest BCUT2D eigenvalue weighted by molar-refractivity contribution is -0.128. The molecule has 170 valence electrons. The Kier molecular flexibility index (Phi) is 6.84. The molecule has 0 spiro atoms. The predicted octanol–water partition coefficient (Wildman–Crippen LogP) is 5.07. The SMILES string of the molecule is COc1ccccc1NC(=O)CC1SC(=Nc2cc(C)ccc2C)N(Cc2ccco2)C1=O. The van der Waals surface area contributed by atoms with Gasteiger partial charge in [0.15, 0.2) is 5.17 Å². The second-order valence-corrected chi connectivity index (χ2v) is 8.92. The van der Waals surface area contributed by atoms with Crippen molar-refractivity contribution < 1.29 is 18.7 Å². The van der Waals surface area contributed by atoms with Crippen LogP contribution in [0.15, 0.2) is 70.3 Å². The first-order chi connectivity index (χ1) is 15.9. The Morgan fingerprint density at radius 1 is 1.18 bits per heavy atom. The minimum absolute atomic E-state index is 0.0159. The van der Waals surface area contributed by atoms with Crippen molar-refractivity contribution in [2.45, 2.75) is 32.1 Å². The van der Waals surface area contributed by atoms with Crippen molar-refractivity contribution in [3.63, 3.8) is 0 Å². The molecule has 4 rings (SSSR count). The molecule has 1 unspecified atom stereocenters. The number of hydrogen-bond donors (Lipinski definition) is 1. The number of amides is 2. The molecule has 2 heterocycles. The van der Waals surface area contributed by atoms with Crippen molar-refractivity contribution >= 4 is 40.1 Å². The van der Waals surface area contributed by atoms with Gasteiger partial charge in [-0.25, -0.2) is 4.99 Å². The Balaban J connectivity index is 1.56. The fourth-order valence-corrected chi connectivity index (χ4v) is 4.64. The van der Waals surface area contributed by atoms with Crippen molar-refractivity contribution in [2.75, 3.05) is 12.4 Å². The van der Waals surface area contributed by atoms with E-state index in [1.807, 2.05) is 50.2 Å². The van der Waals surface area contributed by atoms with Crippen molar-refractivity contribution in [1.82, 2.24) is 4.90 Å². The Morgan fingerprint density at radius 3 is 2.76 bits per heavy atom. The van der Waals surface area contributed by atoms with Gasteiger partial charge in [0.2, 0.25) is 11.8 Å². The summed E-state index contributed by atoms with van der Waals surface area (Å²) in [4.78, 5) is 32.4. The number of aryl methyl sites for hydroxylation is 2. The Hall–Kier alpha value is -3.52. The Labute approximate surface area is 196 Å². The first-order valence-corrected chi connectivity index (χ1v) is 11.4. The monoisotopic (exact) mass is 463 g/mol. The van der Waals surface area contributed by atoms with Gasteiger partial charge in [-0.05, 0) is 55.3 Å². The quantitative estimate of drug-likeness (QED) is 0.529. The zero-order valence-electron chi connectivity index (χ0n) is 18.7. The normalized spacial score (nSPS) is 16.9. The average Bonchev–Trinajstić information content (AvgIpc) is 3.41. The van der Waals surface area contributed by atoms with Gasteiger partial charge in [-0.15, -0.1) is 0 Å². The van der Waals surface area contributed by atoms with Crippen molar-refractivity contribution in [1.29, 1.82) is 0 Å². The van der Waals surface area contributed by atoms with Crippen LogP contribution < -0.4 is 10.1 Å². The van der Waals surface area contributed by atoms with Crippen molar-refractivity contribution in [3.05, 3.63) is 77.7 Å². The van der Waals surface area contributed by atoms with Crippen LogP contribution in [0.2, 0.25) is 0 Å². The molecule has 7 nitrogen and oxygen atoms in total. The van der Waals surface area contributed by atoms with E-state index in [0.717, 1.165) is 16.8 Å². The number of methoxy groups -OCH3 is 1. The standard InChI is InChI=1S/C25H25N3O4S/c1-16-10-11-17(2)20(13-16)27-25-28(15-18-7-6-12-32-18)24(30)22(33-25)14-23(29)26-19-8-4-5-9-21(19)31-3/h4-13,22H,14-15H2,1-3H3,(H,26,29). The van der Waals surface area contributed by atoms with Crippen LogP contribution in [-0.2, 0) is 16.1 Å². The van der Waals surface area contributed by atoms with E-state index in [0.29, 0.717) is 22.4 Å². The summed E-state index contributed by atoms with van der Waals surface area (Å²) in [6.45, 7) is 4.24. The van der Waals surface area contributed by atoms with E-state index in [2.05, 4.69) is 5.32 Å². The molecule has 2 aromatic carbocycles. The lowest BCUT2D eigenvalue weighted by Gasteiger charge is -2.15. The molecule has 1 atom stereocenters. The third-order valence-corrected chi connectivity index (χ3v) is 6.42. The molecule has 1 N–H and O–H groups in total. The van der Waals surface area contributed by atoms with Gasteiger partial charge in [-0.2, -0.15) is 0 Å². The minimum atomic E-state index is -0.585. The highest BCUT2D eigenvalue weighted by atomic mass is 32.2. The number of aliphatic imine (C=N–C) groups is 1. The number of amidine groups is 1. The molecule has 33 heavy (non-hydrogen) atoms. The zero-order chi connectivity index (χ0) is 23.4. The van der Waals surface area contributed by atoms with Crippen LogP contribution in [0.1, 0.15) is 23.3 Å². The number of ether oxygens (including phenoxy) is 1. The van der Waals surface area contributed by atoms with Crippen LogP contribution in [0.5, 0.6) is 5.75 Å². The summed E-state index contributed by atoms with van der Waals surface area (Å²) in [5, 5.41) is 2.82.